The average Bonchev–Trinajstić information content (AvgIpc) is 2.94. The first-order chi connectivity index (χ1) is 18.8. The van der Waals surface area contributed by atoms with Gasteiger partial charge in [-0.05, 0) is 74.4 Å². The Kier molecular flexibility index (Phi) is 9.24. The number of methoxy groups -OCH3 is 4. The van der Waals surface area contributed by atoms with Crippen molar-refractivity contribution in [3.8, 4) is 23.4 Å². The van der Waals surface area contributed by atoms with E-state index in [1.54, 1.807) is 39.5 Å². The lowest BCUT2D eigenvalue weighted by atomic mass is 9.75. The van der Waals surface area contributed by atoms with Gasteiger partial charge in [0.2, 0.25) is 17.6 Å². The maximum Gasteiger partial charge on any atom is 0.217 e. The summed E-state index contributed by atoms with van der Waals surface area (Å²) in [7, 11) is 10.2. The van der Waals surface area contributed by atoms with Gasteiger partial charge in [-0.2, -0.15) is 4.98 Å². The van der Waals surface area contributed by atoms with Crippen LogP contribution in [0.4, 0.5) is 4.39 Å². The van der Waals surface area contributed by atoms with Crippen LogP contribution in [0.2, 0.25) is 0 Å². The highest BCUT2D eigenvalue weighted by atomic mass is 79.9. The summed E-state index contributed by atoms with van der Waals surface area (Å²) in [6.07, 6.45) is 0.685. The largest absolute Gasteiger partial charge is 0.494 e. The zero-order chi connectivity index (χ0) is 28.1. The maximum atomic E-state index is 16.1. The van der Waals surface area contributed by atoms with E-state index >= 15 is 4.39 Å². The first-order valence-corrected chi connectivity index (χ1v) is 13.3. The molecule has 0 bridgehead atoms. The van der Waals surface area contributed by atoms with Crippen LogP contribution in [-0.4, -0.2) is 63.9 Å². The van der Waals surface area contributed by atoms with Gasteiger partial charge in [-0.3, -0.25) is 0 Å². The monoisotopic (exact) mass is 597 g/mol. The minimum absolute atomic E-state index is 0.171. The van der Waals surface area contributed by atoms with E-state index in [0.717, 1.165) is 33.0 Å². The molecule has 0 aliphatic heterocycles. The van der Waals surface area contributed by atoms with E-state index in [9.17, 15) is 0 Å². The number of aromatic nitrogens is 2. The highest BCUT2D eigenvalue weighted by Gasteiger charge is 2.33. The third-order valence-corrected chi connectivity index (χ3v) is 7.28. The molecule has 2 aromatic heterocycles. The summed E-state index contributed by atoms with van der Waals surface area (Å²) in [5.74, 6) is 0.268. The third kappa shape index (κ3) is 6.25. The van der Waals surface area contributed by atoms with Crippen LogP contribution in [-0.2, 0) is 0 Å². The van der Waals surface area contributed by atoms with Gasteiger partial charge in [-0.15, -0.1) is 0 Å². The van der Waals surface area contributed by atoms with Gasteiger partial charge in [0.15, 0.2) is 11.6 Å². The number of hydrogen-bond acceptors (Lipinski definition) is 7. The van der Waals surface area contributed by atoms with Gasteiger partial charge in [0.25, 0.3) is 0 Å². The second-order valence-electron chi connectivity index (χ2n) is 9.45. The van der Waals surface area contributed by atoms with Crippen molar-refractivity contribution in [2.45, 2.75) is 18.3 Å². The van der Waals surface area contributed by atoms with Crippen molar-refractivity contribution in [2.24, 2.45) is 0 Å². The number of nitrogens with zero attached hydrogens (tertiary/aromatic N) is 3. The predicted molar refractivity (Wildman–Crippen MR) is 154 cm³/mol. The standard InChI is InChI=1S/C30H33BrFN3O4/c1-35(2)13-12-21(18-16-26(37-4)34-27(17-18)38-5)28(22-8-7-9-25(36-3)29(22)32)23-15-19-14-20(31)10-11-24(19)33-30(23)39-6/h7-11,14-17,21,28H,12-13H2,1-6H3. The van der Waals surface area contributed by atoms with Crippen LogP contribution in [0.5, 0.6) is 23.4 Å². The number of hydrogen-bond donors (Lipinski definition) is 0. The molecule has 0 saturated carbocycles. The summed E-state index contributed by atoms with van der Waals surface area (Å²) >= 11 is 3.57. The highest BCUT2D eigenvalue weighted by Crippen LogP contribution is 2.47. The maximum absolute atomic E-state index is 16.1. The zero-order valence-corrected chi connectivity index (χ0v) is 24.6. The number of pyridine rings is 2. The summed E-state index contributed by atoms with van der Waals surface area (Å²) in [5.41, 5.74) is 2.90. The van der Waals surface area contributed by atoms with Gasteiger partial charge >= 0.3 is 0 Å². The van der Waals surface area contributed by atoms with Gasteiger partial charge in [0, 0.05) is 33.5 Å². The molecule has 0 N–H and O–H groups in total. The lowest BCUT2D eigenvalue weighted by molar-refractivity contribution is 0.349. The van der Waals surface area contributed by atoms with E-state index in [1.165, 1.54) is 7.11 Å². The Bertz CT molecular complexity index is 1430. The van der Waals surface area contributed by atoms with Gasteiger partial charge in [-0.25, -0.2) is 9.37 Å². The fourth-order valence-electron chi connectivity index (χ4n) is 4.91. The van der Waals surface area contributed by atoms with Crippen LogP contribution >= 0.6 is 15.9 Å². The fourth-order valence-corrected chi connectivity index (χ4v) is 5.28. The summed E-state index contributed by atoms with van der Waals surface area (Å²) in [6, 6.07) is 16.9. The van der Waals surface area contributed by atoms with E-state index < -0.39 is 11.7 Å². The molecule has 2 heterocycles. The number of benzene rings is 2. The molecule has 39 heavy (non-hydrogen) atoms. The van der Waals surface area contributed by atoms with Crippen molar-refractivity contribution in [1.82, 2.24) is 14.9 Å². The first-order valence-electron chi connectivity index (χ1n) is 12.5. The van der Waals surface area contributed by atoms with Crippen LogP contribution in [0.15, 0.2) is 59.1 Å². The minimum atomic E-state index is -0.498. The van der Waals surface area contributed by atoms with E-state index in [0.29, 0.717) is 29.6 Å². The lowest BCUT2D eigenvalue weighted by Crippen LogP contribution is -2.22. The van der Waals surface area contributed by atoms with Crippen molar-refractivity contribution < 1.29 is 23.3 Å². The van der Waals surface area contributed by atoms with Crippen LogP contribution < -0.4 is 18.9 Å². The van der Waals surface area contributed by atoms with Gasteiger partial charge in [-0.1, -0.05) is 28.1 Å². The predicted octanol–water partition coefficient (Wildman–Crippen LogP) is 6.43. The Morgan fingerprint density at radius 1 is 0.846 bits per heavy atom. The Hall–Kier alpha value is -3.43. The Morgan fingerprint density at radius 3 is 2.18 bits per heavy atom. The molecule has 0 aliphatic rings. The van der Waals surface area contributed by atoms with E-state index in [2.05, 4.69) is 25.8 Å². The van der Waals surface area contributed by atoms with Crippen molar-refractivity contribution in [3.63, 3.8) is 0 Å². The second kappa shape index (κ2) is 12.6. The quantitative estimate of drug-likeness (QED) is 0.197. The molecule has 0 amide bonds. The number of rotatable bonds is 11. The molecule has 7 nitrogen and oxygen atoms in total. The van der Waals surface area contributed by atoms with Gasteiger partial charge in [0.1, 0.15) is 0 Å². The zero-order valence-electron chi connectivity index (χ0n) is 23.0. The molecule has 2 atom stereocenters. The van der Waals surface area contributed by atoms with Crippen LogP contribution in [0.1, 0.15) is 34.9 Å². The molecule has 206 valence electrons. The van der Waals surface area contributed by atoms with Crippen LogP contribution in [0, 0.1) is 5.82 Å². The fraction of sp³-hybridized carbons (Fsp3) is 0.333. The molecular formula is C30H33BrFN3O4. The summed E-state index contributed by atoms with van der Waals surface area (Å²) < 4.78 is 39.3. The molecule has 0 fully saturated rings. The molecule has 4 aromatic rings. The molecule has 2 unspecified atom stereocenters. The smallest absolute Gasteiger partial charge is 0.217 e. The van der Waals surface area contributed by atoms with Crippen molar-refractivity contribution in [2.75, 3.05) is 49.1 Å². The van der Waals surface area contributed by atoms with Crippen LogP contribution in [0.3, 0.4) is 0 Å². The summed E-state index contributed by atoms with van der Waals surface area (Å²) in [6.45, 7) is 0.745. The van der Waals surface area contributed by atoms with Crippen molar-refractivity contribution in [3.05, 3.63) is 81.6 Å². The molecule has 9 heteroatoms. The summed E-state index contributed by atoms with van der Waals surface area (Å²) in [5, 5.41) is 0.907. The number of halogens is 2. The second-order valence-corrected chi connectivity index (χ2v) is 10.4. The Balaban J connectivity index is 2.06. The molecule has 0 aliphatic carbocycles. The topological polar surface area (TPSA) is 65.9 Å². The Morgan fingerprint density at radius 2 is 1.56 bits per heavy atom. The summed E-state index contributed by atoms with van der Waals surface area (Å²) in [4.78, 5) is 11.3. The van der Waals surface area contributed by atoms with Gasteiger partial charge < -0.3 is 23.8 Å². The highest BCUT2D eigenvalue weighted by molar-refractivity contribution is 9.10. The normalized spacial score (nSPS) is 12.8. The van der Waals surface area contributed by atoms with E-state index in [4.69, 9.17) is 23.9 Å². The van der Waals surface area contributed by atoms with Gasteiger partial charge in [0.05, 0.1) is 34.0 Å². The Labute approximate surface area is 237 Å². The first kappa shape index (κ1) is 28.6. The third-order valence-electron chi connectivity index (χ3n) is 6.78. The van der Waals surface area contributed by atoms with E-state index in [1.807, 2.05) is 50.5 Å². The van der Waals surface area contributed by atoms with Crippen molar-refractivity contribution >= 4 is 26.8 Å². The average molecular weight is 599 g/mol. The molecule has 0 saturated heterocycles. The minimum Gasteiger partial charge on any atom is -0.494 e. The van der Waals surface area contributed by atoms with E-state index in [-0.39, 0.29) is 11.7 Å². The molecule has 0 spiro atoms. The van der Waals surface area contributed by atoms with Crippen molar-refractivity contribution in [1.29, 1.82) is 0 Å². The lowest BCUT2D eigenvalue weighted by Gasteiger charge is -2.31. The molecule has 0 radical (unpaired) electrons. The number of ether oxygens (including phenoxy) is 4. The molecule has 4 rings (SSSR count). The number of fused-ring (bicyclic) bond motifs is 1. The van der Waals surface area contributed by atoms with Crippen LogP contribution in [0.25, 0.3) is 10.9 Å². The molecule has 2 aromatic carbocycles. The SMILES string of the molecule is COc1cc(C(CCN(C)C)C(c2cc3cc(Br)ccc3nc2OC)c2cccc(OC)c2F)cc(OC)n1. The molecular weight excluding hydrogens is 565 g/mol.